The van der Waals surface area contributed by atoms with Crippen LogP contribution in [0.3, 0.4) is 0 Å². The van der Waals surface area contributed by atoms with Crippen LogP contribution in [-0.4, -0.2) is 22.2 Å². The van der Waals surface area contributed by atoms with Gasteiger partial charge in [0.15, 0.2) is 0 Å². The Balaban J connectivity index is 0.000000280. The number of alkyl halides is 6. The molecule has 0 saturated heterocycles. The highest BCUT2D eigenvalue weighted by molar-refractivity contribution is 9.10. The lowest BCUT2D eigenvalue weighted by Crippen LogP contribution is -2.10. The highest BCUT2D eigenvalue weighted by Gasteiger charge is 2.33. The van der Waals surface area contributed by atoms with Crippen LogP contribution in [0.4, 0.5) is 32.0 Å². The van der Waals surface area contributed by atoms with Gasteiger partial charge in [0.25, 0.3) is 0 Å². The summed E-state index contributed by atoms with van der Waals surface area (Å²) in [6, 6.07) is 4.86. The number of anilines is 1. The van der Waals surface area contributed by atoms with Crippen molar-refractivity contribution in [1.29, 1.82) is 0 Å². The Morgan fingerprint density at radius 3 is 1.50 bits per heavy atom. The van der Waals surface area contributed by atoms with Gasteiger partial charge in [-0.05, 0) is 36.4 Å². The standard InChI is InChI=1S/C8H4BrF3O2.C8H6F3NO2/c9-6-3-4(7(13)14)1-2-5(6)8(10,11)12;9-8(10,11)5-2-1-4(7(13)14)3-6(5)12/h1-3H,(H,13,14);1-3H,12H2,(H,13,14). The number of carbonyl (C=O) groups is 2. The maximum absolute atomic E-state index is 12.2. The van der Waals surface area contributed by atoms with Gasteiger partial charge in [0.2, 0.25) is 0 Å². The second-order valence-electron chi connectivity index (χ2n) is 5.10. The molecule has 0 unspecified atom stereocenters. The average Bonchev–Trinajstić information content (AvgIpc) is 2.52. The molecule has 152 valence electrons. The van der Waals surface area contributed by atoms with E-state index in [1.165, 1.54) is 0 Å². The van der Waals surface area contributed by atoms with E-state index in [4.69, 9.17) is 15.9 Å². The Morgan fingerprint density at radius 2 is 1.18 bits per heavy atom. The van der Waals surface area contributed by atoms with Crippen molar-refractivity contribution in [3.05, 3.63) is 63.1 Å². The van der Waals surface area contributed by atoms with Crippen LogP contribution in [0.5, 0.6) is 0 Å². The molecule has 0 saturated carbocycles. The molecule has 12 heteroatoms. The number of rotatable bonds is 2. The molecule has 4 N–H and O–H groups in total. The van der Waals surface area contributed by atoms with Crippen molar-refractivity contribution >= 4 is 33.6 Å². The van der Waals surface area contributed by atoms with Gasteiger partial charge < -0.3 is 15.9 Å². The zero-order chi connectivity index (χ0) is 21.9. The highest BCUT2D eigenvalue weighted by atomic mass is 79.9. The number of nitrogens with two attached hydrogens (primary N) is 1. The van der Waals surface area contributed by atoms with E-state index < -0.39 is 41.1 Å². The first kappa shape index (κ1) is 23.3. The molecule has 0 aromatic heterocycles. The minimum atomic E-state index is -4.55. The molecule has 2 rings (SSSR count). The molecule has 0 amide bonds. The van der Waals surface area contributed by atoms with Crippen LogP contribution >= 0.6 is 15.9 Å². The maximum Gasteiger partial charge on any atom is 0.418 e. The first-order valence-corrected chi connectivity index (χ1v) is 7.74. The lowest BCUT2D eigenvalue weighted by molar-refractivity contribution is -0.138. The second kappa shape index (κ2) is 8.50. The Labute approximate surface area is 161 Å². The summed E-state index contributed by atoms with van der Waals surface area (Å²) >= 11 is 2.67. The fraction of sp³-hybridized carbons (Fsp3) is 0.125. The number of aromatic carboxylic acids is 2. The summed E-state index contributed by atoms with van der Waals surface area (Å²) in [4.78, 5) is 20.8. The quantitative estimate of drug-likeness (QED) is 0.413. The molecule has 2 aromatic rings. The van der Waals surface area contributed by atoms with Gasteiger partial charge in [0.05, 0.1) is 22.3 Å². The summed E-state index contributed by atoms with van der Waals surface area (Å²) in [6.45, 7) is 0. The minimum absolute atomic E-state index is 0.190. The molecule has 0 aliphatic rings. The SMILES string of the molecule is Nc1cc(C(=O)O)ccc1C(F)(F)F.O=C(O)c1ccc(C(F)(F)F)c(Br)c1. The molecule has 0 radical (unpaired) electrons. The maximum atomic E-state index is 12.2. The number of benzene rings is 2. The van der Waals surface area contributed by atoms with E-state index in [2.05, 4.69) is 15.9 Å². The fourth-order valence-electron chi connectivity index (χ4n) is 1.83. The number of nitrogen functional groups attached to an aromatic ring is 1. The zero-order valence-electron chi connectivity index (χ0n) is 13.4. The molecule has 5 nitrogen and oxygen atoms in total. The predicted octanol–water partition coefficient (Wildman–Crippen LogP) is 5.15. The van der Waals surface area contributed by atoms with E-state index in [-0.39, 0.29) is 15.6 Å². The smallest absolute Gasteiger partial charge is 0.418 e. The number of carboxylic acid groups (broad SMARTS) is 2. The first-order valence-electron chi connectivity index (χ1n) is 6.94. The van der Waals surface area contributed by atoms with Crippen LogP contribution < -0.4 is 5.73 Å². The molecule has 0 aliphatic carbocycles. The van der Waals surface area contributed by atoms with Crippen LogP contribution in [-0.2, 0) is 12.4 Å². The molecule has 2 aromatic carbocycles. The Kier molecular flexibility index (Phi) is 7.07. The molecule has 28 heavy (non-hydrogen) atoms. The summed E-state index contributed by atoms with van der Waals surface area (Å²) in [5.74, 6) is -2.58. The van der Waals surface area contributed by atoms with E-state index in [9.17, 15) is 35.9 Å². The molecule has 0 bridgehead atoms. The van der Waals surface area contributed by atoms with Gasteiger partial charge in [0, 0.05) is 10.2 Å². The fourth-order valence-corrected chi connectivity index (χ4v) is 2.44. The minimum Gasteiger partial charge on any atom is -0.478 e. The number of hydrogen-bond donors (Lipinski definition) is 3. The monoisotopic (exact) mass is 473 g/mol. The molecule has 0 spiro atoms. The number of carboxylic acids is 2. The Bertz CT molecular complexity index is 822. The highest BCUT2D eigenvalue weighted by Crippen LogP contribution is 2.35. The first-order chi connectivity index (χ1) is 12.6. The van der Waals surface area contributed by atoms with Crippen LogP contribution in [0.2, 0.25) is 0 Å². The largest absolute Gasteiger partial charge is 0.478 e. The summed E-state index contributed by atoms with van der Waals surface area (Å²) in [6.07, 6.45) is -9.03. The topological polar surface area (TPSA) is 101 Å². The van der Waals surface area contributed by atoms with Crippen LogP contribution in [0.1, 0.15) is 31.8 Å². The summed E-state index contributed by atoms with van der Waals surface area (Å²) < 4.78 is 72.8. The molecular weight excluding hydrogens is 464 g/mol. The molecule has 0 atom stereocenters. The zero-order valence-corrected chi connectivity index (χ0v) is 15.0. The number of halogens is 7. The van der Waals surface area contributed by atoms with Gasteiger partial charge in [-0.2, -0.15) is 26.3 Å². The normalized spacial score (nSPS) is 11.4. The third kappa shape index (κ3) is 6.15. The predicted molar refractivity (Wildman–Crippen MR) is 88.9 cm³/mol. The Hall–Kier alpha value is -2.76. The summed E-state index contributed by atoms with van der Waals surface area (Å²) in [7, 11) is 0. The molecule has 0 fully saturated rings. The van der Waals surface area contributed by atoms with Crippen molar-refractivity contribution in [2.24, 2.45) is 0 Å². The van der Waals surface area contributed by atoms with Crippen molar-refractivity contribution in [2.75, 3.05) is 5.73 Å². The van der Waals surface area contributed by atoms with E-state index in [1.54, 1.807) is 0 Å². The van der Waals surface area contributed by atoms with Crippen molar-refractivity contribution in [3.63, 3.8) is 0 Å². The molecule has 0 heterocycles. The van der Waals surface area contributed by atoms with Crippen molar-refractivity contribution in [2.45, 2.75) is 12.4 Å². The van der Waals surface area contributed by atoms with Gasteiger partial charge in [0.1, 0.15) is 0 Å². The van der Waals surface area contributed by atoms with Crippen molar-refractivity contribution in [3.8, 4) is 0 Å². The van der Waals surface area contributed by atoms with Crippen molar-refractivity contribution in [1.82, 2.24) is 0 Å². The Morgan fingerprint density at radius 1 is 0.786 bits per heavy atom. The van der Waals surface area contributed by atoms with E-state index in [1.807, 2.05) is 0 Å². The van der Waals surface area contributed by atoms with Gasteiger partial charge in [-0.15, -0.1) is 0 Å². The average molecular weight is 474 g/mol. The van der Waals surface area contributed by atoms with Gasteiger partial charge in [-0.25, -0.2) is 9.59 Å². The van der Waals surface area contributed by atoms with Crippen LogP contribution in [0, 0.1) is 0 Å². The summed E-state index contributed by atoms with van der Waals surface area (Å²) in [5.41, 5.74) is 2.11. The van der Waals surface area contributed by atoms with Crippen LogP contribution in [0.15, 0.2) is 40.9 Å². The third-order valence-electron chi connectivity index (χ3n) is 3.13. The van der Waals surface area contributed by atoms with Crippen molar-refractivity contribution < 1.29 is 46.1 Å². The van der Waals surface area contributed by atoms with E-state index in [0.29, 0.717) is 6.07 Å². The third-order valence-corrected chi connectivity index (χ3v) is 3.78. The summed E-state index contributed by atoms with van der Waals surface area (Å²) in [5, 5.41) is 17.0. The van der Waals surface area contributed by atoms with Gasteiger partial charge >= 0.3 is 24.3 Å². The van der Waals surface area contributed by atoms with E-state index in [0.717, 1.165) is 30.3 Å². The molecule has 0 aliphatic heterocycles. The number of hydrogen-bond acceptors (Lipinski definition) is 3. The van der Waals surface area contributed by atoms with Gasteiger partial charge in [-0.1, -0.05) is 15.9 Å². The van der Waals surface area contributed by atoms with Crippen LogP contribution in [0.25, 0.3) is 0 Å². The lowest BCUT2D eigenvalue weighted by atomic mass is 10.1. The van der Waals surface area contributed by atoms with Gasteiger partial charge in [-0.3, -0.25) is 0 Å². The molecular formula is C16H10BrF6NO4. The van der Waals surface area contributed by atoms with E-state index >= 15 is 0 Å². The lowest BCUT2D eigenvalue weighted by Gasteiger charge is -2.09. The second-order valence-corrected chi connectivity index (χ2v) is 5.96.